The van der Waals surface area contributed by atoms with E-state index in [0.29, 0.717) is 12.1 Å². The minimum absolute atomic E-state index is 0.401. The Morgan fingerprint density at radius 3 is 2.50 bits per heavy atom. The SMILES string of the molecule is [N-]=[N+]=Nc1ccc(C(=O)OC(=O)[C@@H](N)CC(=O)O)c(C(F)(F)F)c1. The number of halogens is 3. The molecule has 0 heterocycles. The number of esters is 2. The minimum atomic E-state index is -5.00. The smallest absolute Gasteiger partial charge is 0.417 e. The molecule has 0 bridgehead atoms. The first-order chi connectivity index (χ1) is 11.1. The van der Waals surface area contributed by atoms with Crippen LogP contribution in [0.25, 0.3) is 10.4 Å². The number of aliphatic carboxylic acids is 1. The fraction of sp³-hybridized carbons (Fsp3) is 0.250. The molecule has 0 aliphatic heterocycles. The number of hydrogen-bond donors (Lipinski definition) is 2. The van der Waals surface area contributed by atoms with Crippen molar-refractivity contribution in [3.05, 3.63) is 39.8 Å². The first kappa shape index (κ1) is 18.9. The van der Waals surface area contributed by atoms with Gasteiger partial charge in [0, 0.05) is 10.6 Å². The van der Waals surface area contributed by atoms with Gasteiger partial charge in [0.1, 0.15) is 6.04 Å². The highest BCUT2D eigenvalue weighted by Crippen LogP contribution is 2.35. The highest BCUT2D eigenvalue weighted by molar-refractivity contribution is 6.00. The van der Waals surface area contributed by atoms with E-state index in [1.807, 2.05) is 0 Å². The van der Waals surface area contributed by atoms with E-state index in [4.69, 9.17) is 16.4 Å². The van der Waals surface area contributed by atoms with E-state index in [0.717, 1.165) is 6.07 Å². The maximum Gasteiger partial charge on any atom is 0.417 e. The molecule has 0 spiro atoms. The van der Waals surface area contributed by atoms with Crippen LogP contribution >= 0.6 is 0 Å². The lowest BCUT2D eigenvalue weighted by Gasteiger charge is -2.13. The number of alkyl halides is 3. The highest BCUT2D eigenvalue weighted by atomic mass is 19.4. The zero-order chi connectivity index (χ0) is 18.5. The second kappa shape index (κ2) is 7.44. The summed E-state index contributed by atoms with van der Waals surface area (Å²) in [5.41, 5.74) is 10.5. The second-order valence-corrected chi connectivity index (χ2v) is 4.33. The van der Waals surface area contributed by atoms with Gasteiger partial charge >= 0.3 is 24.1 Å². The summed E-state index contributed by atoms with van der Waals surface area (Å²) in [5, 5.41) is 11.4. The fourth-order valence-electron chi connectivity index (χ4n) is 1.55. The van der Waals surface area contributed by atoms with Gasteiger partial charge in [-0.1, -0.05) is 11.2 Å². The van der Waals surface area contributed by atoms with Crippen molar-refractivity contribution in [2.75, 3.05) is 0 Å². The van der Waals surface area contributed by atoms with Gasteiger partial charge in [0.15, 0.2) is 0 Å². The minimum Gasteiger partial charge on any atom is -0.481 e. The Labute approximate surface area is 131 Å². The number of carbonyl (C=O) groups is 3. The van der Waals surface area contributed by atoms with Crippen LogP contribution < -0.4 is 5.73 Å². The third-order valence-corrected chi connectivity index (χ3v) is 2.58. The Kier molecular flexibility index (Phi) is 5.87. The van der Waals surface area contributed by atoms with E-state index in [-0.39, 0.29) is 0 Å². The molecule has 0 amide bonds. The van der Waals surface area contributed by atoms with Crippen LogP contribution in [-0.2, 0) is 20.5 Å². The summed E-state index contributed by atoms with van der Waals surface area (Å²) < 4.78 is 43.1. The van der Waals surface area contributed by atoms with Crippen molar-refractivity contribution >= 4 is 23.6 Å². The molecule has 24 heavy (non-hydrogen) atoms. The van der Waals surface area contributed by atoms with Crippen molar-refractivity contribution in [2.24, 2.45) is 10.8 Å². The monoisotopic (exact) mass is 346 g/mol. The average molecular weight is 346 g/mol. The van der Waals surface area contributed by atoms with Crippen LogP contribution in [0.5, 0.6) is 0 Å². The molecular formula is C12H9F3N4O5. The number of nitrogens with zero attached hydrogens (tertiary/aromatic N) is 3. The predicted molar refractivity (Wildman–Crippen MR) is 70.9 cm³/mol. The summed E-state index contributed by atoms with van der Waals surface area (Å²) in [6.45, 7) is 0. The van der Waals surface area contributed by atoms with Crippen LogP contribution in [0.3, 0.4) is 0 Å². The van der Waals surface area contributed by atoms with Crippen LogP contribution in [0, 0.1) is 0 Å². The predicted octanol–water partition coefficient (Wildman–Crippen LogP) is 2.13. The zero-order valence-corrected chi connectivity index (χ0v) is 11.6. The van der Waals surface area contributed by atoms with Crippen LogP contribution in [0.4, 0.5) is 18.9 Å². The van der Waals surface area contributed by atoms with Gasteiger partial charge in [-0.3, -0.25) is 4.79 Å². The molecule has 128 valence electrons. The summed E-state index contributed by atoms with van der Waals surface area (Å²) in [6.07, 6.45) is -5.87. The van der Waals surface area contributed by atoms with E-state index in [9.17, 15) is 27.6 Å². The average Bonchev–Trinajstić information content (AvgIpc) is 2.45. The number of nitrogens with two attached hydrogens (primary N) is 1. The van der Waals surface area contributed by atoms with Gasteiger partial charge in [-0.25, -0.2) is 9.59 Å². The Morgan fingerprint density at radius 1 is 1.38 bits per heavy atom. The van der Waals surface area contributed by atoms with Crippen molar-refractivity contribution in [1.29, 1.82) is 0 Å². The standard InChI is InChI=1S/C12H9F3N4O5/c13-12(14,15)7-3-5(18-19-17)1-2-6(7)10(22)24-11(23)8(16)4-9(20)21/h1-3,8H,4,16H2,(H,20,21)/t8-/m0/s1. The quantitative estimate of drug-likeness (QED) is 0.273. The number of azide groups is 1. The van der Waals surface area contributed by atoms with Gasteiger partial charge in [-0.2, -0.15) is 13.2 Å². The Balaban J connectivity index is 3.12. The molecule has 0 aliphatic rings. The van der Waals surface area contributed by atoms with Crippen molar-refractivity contribution in [1.82, 2.24) is 0 Å². The van der Waals surface area contributed by atoms with E-state index in [1.165, 1.54) is 0 Å². The Morgan fingerprint density at radius 2 is 2.00 bits per heavy atom. The van der Waals surface area contributed by atoms with Crippen molar-refractivity contribution in [3.8, 4) is 0 Å². The first-order valence-corrected chi connectivity index (χ1v) is 6.06. The highest BCUT2D eigenvalue weighted by Gasteiger charge is 2.36. The van der Waals surface area contributed by atoms with E-state index >= 15 is 0 Å². The van der Waals surface area contributed by atoms with Crippen LogP contribution in [0.2, 0.25) is 0 Å². The number of ether oxygens (including phenoxy) is 1. The lowest BCUT2D eigenvalue weighted by Crippen LogP contribution is -2.36. The van der Waals surface area contributed by atoms with E-state index in [2.05, 4.69) is 14.8 Å². The molecule has 1 rings (SSSR count). The van der Waals surface area contributed by atoms with Crippen molar-refractivity contribution < 1.29 is 37.4 Å². The van der Waals surface area contributed by atoms with Gasteiger partial charge in [-0.05, 0) is 17.7 Å². The molecular weight excluding hydrogens is 337 g/mol. The molecule has 1 atom stereocenters. The summed E-state index contributed by atoms with van der Waals surface area (Å²) in [5.74, 6) is -4.61. The lowest BCUT2D eigenvalue weighted by atomic mass is 10.1. The first-order valence-electron chi connectivity index (χ1n) is 6.06. The molecule has 0 unspecified atom stereocenters. The van der Waals surface area contributed by atoms with Crippen molar-refractivity contribution in [3.63, 3.8) is 0 Å². The summed E-state index contributed by atoms with van der Waals surface area (Å²) in [4.78, 5) is 35.9. The normalized spacial score (nSPS) is 12.0. The molecule has 0 saturated heterocycles. The molecule has 0 fully saturated rings. The third kappa shape index (κ3) is 4.97. The number of rotatable bonds is 5. The number of carbonyl (C=O) groups excluding carboxylic acids is 2. The zero-order valence-electron chi connectivity index (χ0n) is 11.6. The van der Waals surface area contributed by atoms with E-state index in [1.54, 1.807) is 0 Å². The number of carboxylic acids is 1. The Hall–Kier alpha value is -3.11. The maximum absolute atomic E-state index is 13.0. The molecule has 9 nitrogen and oxygen atoms in total. The molecule has 0 aromatic heterocycles. The molecule has 3 N–H and O–H groups in total. The largest absolute Gasteiger partial charge is 0.481 e. The molecule has 0 aliphatic carbocycles. The molecule has 0 radical (unpaired) electrons. The number of hydrogen-bond acceptors (Lipinski definition) is 6. The fourth-order valence-corrected chi connectivity index (χ4v) is 1.55. The van der Waals surface area contributed by atoms with Gasteiger partial charge < -0.3 is 15.6 Å². The van der Waals surface area contributed by atoms with Gasteiger partial charge in [-0.15, -0.1) is 0 Å². The molecule has 12 heteroatoms. The molecule has 1 aromatic carbocycles. The summed E-state index contributed by atoms with van der Waals surface area (Å²) >= 11 is 0. The Bertz CT molecular complexity index is 728. The second-order valence-electron chi connectivity index (χ2n) is 4.33. The third-order valence-electron chi connectivity index (χ3n) is 2.58. The van der Waals surface area contributed by atoms with Crippen LogP contribution in [0.1, 0.15) is 22.3 Å². The summed E-state index contributed by atoms with van der Waals surface area (Å²) in [6, 6.07) is 0.249. The van der Waals surface area contributed by atoms with Crippen LogP contribution in [-0.4, -0.2) is 29.1 Å². The topological polar surface area (TPSA) is 155 Å². The molecule has 0 saturated carbocycles. The van der Waals surface area contributed by atoms with E-state index < -0.39 is 53.4 Å². The van der Waals surface area contributed by atoms with Crippen LogP contribution in [0.15, 0.2) is 23.3 Å². The maximum atomic E-state index is 13.0. The summed E-state index contributed by atoms with van der Waals surface area (Å²) in [7, 11) is 0. The number of carboxylic acid groups (broad SMARTS) is 1. The number of benzene rings is 1. The van der Waals surface area contributed by atoms with Crippen molar-refractivity contribution in [2.45, 2.75) is 18.6 Å². The van der Waals surface area contributed by atoms with Gasteiger partial charge in [0.25, 0.3) is 0 Å². The van der Waals surface area contributed by atoms with Gasteiger partial charge in [0.05, 0.1) is 17.5 Å². The van der Waals surface area contributed by atoms with Gasteiger partial charge in [0.2, 0.25) is 0 Å². The molecule has 1 aromatic rings. The lowest BCUT2D eigenvalue weighted by molar-refractivity contribution is -0.146.